The average molecular weight is 244 g/mol. The quantitative estimate of drug-likeness (QED) is 0.838. The molecule has 0 unspecified atom stereocenters. The minimum absolute atomic E-state index is 0.346. The van der Waals surface area contributed by atoms with Gasteiger partial charge in [-0.2, -0.15) is 19.6 Å². The molecule has 0 spiro atoms. The van der Waals surface area contributed by atoms with Gasteiger partial charge in [0.05, 0.1) is 6.54 Å². The fourth-order valence-corrected chi connectivity index (χ4v) is 1.34. The van der Waals surface area contributed by atoms with Crippen molar-refractivity contribution < 1.29 is 0 Å². The van der Waals surface area contributed by atoms with Gasteiger partial charge in [0.1, 0.15) is 17.3 Å². The molecule has 5 nitrogen and oxygen atoms in total. The van der Waals surface area contributed by atoms with Crippen LogP contribution < -0.4 is 5.32 Å². The number of nitrogens with zero attached hydrogens (tertiary/aromatic N) is 4. The minimum atomic E-state index is 0.346. The Labute approximate surface area is 95.7 Å². The number of rotatable bonds is 3. The molecule has 7 heteroatoms. The monoisotopic (exact) mass is 243 g/mol. The first-order chi connectivity index (χ1) is 7.16. The van der Waals surface area contributed by atoms with E-state index >= 15 is 0 Å². The first-order valence-electron chi connectivity index (χ1n) is 4.10. The molecule has 0 aliphatic carbocycles. The van der Waals surface area contributed by atoms with Crippen molar-refractivity contribution in [2.24, 2.45) is 0 Å². The molecule has 2 aromatic rings. The number of anilines is 1. The molecule has 0 aliphatic heterocycles. The van der Waals surface area contributed by atoms with Crippen molar-refractivity contribution in [1.82, 2.24) is 19.6 Å². The summed E-state index contributed by atoms with van der Waals surface area (Å²) in [6.45, 7) is 4.00. The van der Waals surface area contributed by atoms with E-state index < -0.39 is 0 Å². The van der Waals surface area contributed by atoms with Crippen molar-refractivity contribution in [2.45, 2.75) is 0 Å². The van der Waals surface area contributed by atoms with E-state index in [0.717, 1.165) is 0 Å². The maximum absolute atomic E-state index is 5.81. The number of nitrogens with one attached hydrogen (secondary N) is 1. The van der Waals surface area contributed by atoms with Gasteiger partial charge in [-0.3, -0.25) is 0 Å². The Balaban J connectivity index is 2.39. The van der Waals surface area contributed by atoms with Gasteiger partial charge in [-0.05, 0) is 0 Å². The van der Waals surface area contributed by atoms with Gasteiger partial charge in [-0.25, -0.2) is 0 Å². The molecule has 0 bridgehead atoms. The fraction of sp³-hybridized carbons (Fsp3) is 0.125. The standard InChI is InChI=1S/C8H7Cl2N5/c1-5(9)3-11-7-2-6(10)14-8-12-4-13-15(7)8/h2,4,11H,1,3H2. The molecule has 0 fully saturated rings. The summed E-state index contributed by atoms with van der Waals surface area (Å²) in [6, 6.07) is 1.64. The van der Waals surface area contributed by atoms with Crippen LogP contribution in [0.4, 0.5) is 5.82 Å². The molecule has 0 saturated carbocycles. The highest BCUT2D eigenvalue weighted by atomic mass is 35.5. The summed E-state index contributed by atoms with van der Waals surface area (Å²) in [5.74, 6) is 1.11. The van der Waals surface area contributed by atoms with Crippen LogP contribution >= 0.6 is 23.2 Å². The van der Waals surface area contributed by atoms with Gasteiger partial charge in [-0.15, -0.1) is 0 Å². The normalized spacial score (nSPS) is 10.5. The van der Waals surface area contributed by atoms with E-state index in [4.69, 9.17) is 23.2 Å². The first kappa shape index (κ1) is 10.2. The Kier molecular flexibility index (Phi) is 2.75. The predicted octanol–water partition coefficient (Wildman–Crippen LogP) is 1.94. The predicted molar refractivity (Wildman–Crippen MR) is 59.3 cm³/mol. The van der Waals surface area contributed by atoms with E-state index in [9.17, 15) is 0 Å². The molecule has 0 aromatic carbocycles. The third kappa shape index (κ3) is 2.19. The molecule has 0 saturated heterocycles. The second kappa shape index (κ2) is 4.04. The van der Waals surface area contributed by atoms with Gasteiger partial charge < -0.3 is 5.32 Å². The molecular weight excluding hydrogens is 237 g/mol. The summed E-state index contributed by atoms with van der Waals surface area (Å²) in [7, 11) is 0. The lowest BCUT2D eigenvalue weighted by molar-refractivity contribution is 0.936. The second-order valence-corrected chi connectivity index (χ2v) is 3.73. The topological polar surface area (TPSA) is 55.1 Å². The molecule has 2 aromatic heterocycles. The maximum Gasteiger partial charge on any atom is 0.255 e. The van der Waals surface area contributed by atoms with Crippen LogP contribution in [0.2, 0.25) is 5.15 Å². The zero-order valence-corrected chi connectivity index (χ0v) is 9.13. The third-order valence-electron chi connectivity index (χ3n) is 1.68. The Morgan fingerprint density at radius 1 is 1.60 bits per heavy atom. The van der Waals surface area contributed by atoms with E-state index in [1.807, 2.05) is 0 Å². The van der Waals surface area contributed by atoms with Crippen LogP contribution in [-0.4, -0.2) is 26.1 Å². The number of aromatic nitrogens is 4. The average Bonchev–Trinajstić information content (AvgIpc) is 2.61. The van der Waals surface area contributed by atoms with Gasteiger partial charge >= 0.3 is 0 Å². The van der Waals surface area contributed by atoms with Crippen LogP contribution in [0.25, 0.3) is 5.78 Å². The smallest absolute Gasteiger partial charge is 0.255 e. The minimum Gasteiger partial charge on any atom is -0.365 e. The Morgan fingerprint density at radius 2 is 2.40 bits per heavy atom. The molecular formula is C8H7Cl2N5. The summed E-state index contributed by atoms with van der Waals surface area (Å²) in [5.41, 5.74) is 0. The zero-order chi connectivity index (χ0) is 10.8. The molecule has 15 heavy (non-hydrogen) atoms. The summed E-state index contributed by atoms with van der Waals surface area (Å²) in [6.07, 6.45) is 1.40. The molecule has 78 valence electrons. The lowest BCUT2D eigenvalue weighted by atomic mass is 10.5. The molecule has 2 heterocycles. The molecule has 0 amide bonds. The van der Waals surface area contributed by atoms with E-state index in [-0.39, 0.29) is 0 Å². The molecule has 2 rings (SSSR count). The third-order valence-corrected chi connectivity index (χ3v) is 2.01. The highest BCUT2D eigenvalue weighted by Gasteiger charge is 2.05. The maximum atomic E-state index is 5.81. The first-order valence-corrected chi connectivity index (χ1v) is 4.86. The van der Waals surface area contributed by atoms with Crippen LogP contribution in [0.3, 0.4) is 0 Å². The lowest BCUT2D eigenvalue weighted by Crippen LogP contribution is -2.07. The summed E-state index contributed by atoms with van der Waals surface area (Å²) in [4.78, 5) is 7.91. The molecule has 0 aliphatic rings. The number of halogens is 2. The van der Waals surface area contributed by atoms with Gasteiger partial charge in [0.25, 0.3) is 5.78 Å². The number of hydrogen-bond acceptors (Lipinski definition) is 4. The van der Waals surface area contributed by atoms with Crippen LogP contribution in [0.15, 0.2) is 24.0 Å². The van der Waals surface area contributed by atoms with Gasteiger partial charge in [0.2, 0.25) is 0 Å². The van der Waals surface area contributed by atoms with Crippen LogP contribution in [0.1, 0.15) is 0 Å². The SMILES string of the molecule is C=C(Cl)CNc1cc(Cl)nc2ncnn12. The Hall–Kier alpha value is -1.33. The van der Waals surface area contributed by atoms with Crippen molar-refractivity contribution >= 4 is 34.8 Å². The van der Waals surface area contributed by atoms with Crippen molar-refractivity contribution in [1.29, 1.82) is 0 Å². The van der Waals surface area contributed by atoms with Gasteiger partial charge in [0, 0.05) is 11.1 Å². The van der Waals surface area contributed by atoms with Crippen LogP contribution in [0, 0.1) is 0 Å². The molecule has 0 radical (unpaired) electrons. The lowest BCUT2D eigenvalue weighted by Gasteiger charge is -2.06. The van der Waals surface area contributed by atoms with E-state index in [1.165, 1.54) is 10.8 Å². The summed E-state index contributed by atoms with van der Waals surface area (Å²) < 4.78 is 1.53. The van der Waals surface area contributed by atoms with E-state index in [1.54, 1.807) is 6.07 Å². The van der Waals surface area contributed by atoms with Crippen LogP contribution in [0.5, 0.6) is 0 Å². The zero-order valence-electron chi connectivity index (χ0n) is 7.61. The van der Waals surface area contributed by atoms with Crippen LogP contribution in [-0.2, 0) is 0 Å². The Bertz CT molecular complexity index is 507. The fourth-order valence-electron chi connectivity index (χ4n) is 1.10. The summed E-state index contributed by atoms with van der Waals surface area (Å²) >= 11 is 11.5. The summed E-state index contributed by atoms with van der Waals surface area (Å²) in [5, 5.41) is 7.85. The van der Waals surface area contributed by atoms with Gasteiger partial charge in [0.15, 0.2) is 0 Å². The number of fused-ring (bicyclic) bond motifs is 1. The Morgan fingerprint density at radius 3 is 3.13 bits per heavy atom. The largest absolute Gasteiger partial charge is 0.365 e. The van der Waals surface area contributed by atoms with Crippen molar-refractivity contribution in [3.63, 3.8) is 0 Å². The van der Waals surface area contributed by atoms with E-state index in [2.05, 4.69) is 27.0 Å². The second-order valence-electron chi connectivity index (χ2n) is 2.81. The van der Waals surface area contributed by atoms with Gasteiger partial charge in [-0.1, -0.05) is 29.8 Å². The van der Waals surface area contributed by atoms with Crippen molar-refractivity contribution in [3.05, 3.63) is 29.2 Å². The highest BCUT2D eigenvalue weighted by molar-refractivity contribution is 6.30. The molecule has 1 N–H and O–H groups in total. The van der Waals surface area contributed by atoms with E-state index in [0.29, 0.717) is 28.3 Å². The van der Waals surface area contributed by atoms with Crippen molar-refractivity contribution in [3.8, 4) is 0 Å². The highest BCUT2D eigenvalue weighted by Crippen LogP contribution is 2.14. The number of hydrogen-bond donors (Lipinski definition) is 1. The molecule has 0 atom stereocenters. The van der Waals surface area contributed by atoms with Crippen molar-refractivity contribution in [2.75, 3.05) is 11.9 Å².